The van der Waals surface area contributed by atoms with Crippen molar-refractivity contribution in [1.29, 1.82) is 0 Å². The van der Waals surface area contributed by atoms with Crippen LogP contribution in [-0.2, 0) is 0 Å². The van der Waals surface area contributed by atoms with Gasteiger partial charge in [-0.3, -0.25) is 9.78 Å². The molecule has 2 unspecified atom stereocenters. The number of fused-ring (bicyclic) bond motifs is 2. The van der Waals surface area contributed by atoms with E-state index < -0.39 is 0 Å². The number of amides is 1. The van der Waals surface area contributed by atoms with E-state index in [1.165, 1.54) is 6.42 Å². The van der Waals surface area contributed by atoms with Gasteiger partial charge in [-0.2, -0.15) is 0 Å². The van der Waals surface area contributed by atoms with Gasteiger partial charge in [0.2, 0.25) is 0 Å². The molecule has 2 aliphatic rings. The number of benzene rings is 1. The Bertz CT molecular complexity index is 679. The molecule has 0 radical (unpaired) electrons. The molecule has 1 aromatic heterocycles. The third-order valence-electron chi connectivity index (χ3n) is 4.81. The Morgan fingerprint density at radius 1 is 1.24 bits per heavy atom. The molecule has 2 fully saturated rings. The first-order valence-electron chi connectivity index (χ1n) is 7.69. The van der Waals surface area contributed by atoms with E-state index in [0.29, 0.717) is 12.0 Å². The number of rotatable bonds is 1. The fraction of sp³-hybridized carbons (Fsp3) is 0.412. The molecule has 2 atom stereocenters. The fourth-order valence-corrected chi connectivity index (χ4v) is 3.68. The highest BCUT2D eigenvalue weighted by Gasteiger charge is 2.34. The second-order valence-electron chi connectivity index (χ2n) is 6.03. The largest absolute Gasteiger partial charge is 0.338 e. The number of carbonyl (C=O) groups is 1. The molecule has 0 bridgehead atoms. The summed E-state index contributed by atoms with van der Waals surface area (Å²) in [7, 11) is 0. The minimum atomic E-state index is 0.129. The molecule has 2 saturated heterocycles. The van der Waals surface area contributed by atoms with Crippen molar-refractivity contribution < 1.29 is 4.79 Å². The smallest absolute Gasteiger partial charge is 0.256 e. The van der Waals surface area contributed by atoms with Gasteiger partial charge in [0.15, 0.2) is 0 Å². The molecular weight excluding hydrogens is 262 g/mol. The molecule has 4 nitrogen and oxygen atoms in total. The Kier molecular flexibility index (Phi) is 3.11. The van der Waals surface area contributed by atoms with Crippen molar-refractivity contribution in [2.24, 2.45) is 5.92 Å². The molecule has 3 heterocycles. The lowest BCUT2D eigenvalue weighted by atomic mass is 9.93. The van der Waals surface area contributed by atoms with Gasteiger partial charge in [-0.05, 0) is 37.4 Å². The van der Waals surface area contributed by atoms with E-state index in [4.69, 9.17) is 0 Å². The molecule has 2 aromatic rings. The number of pyridine rings is 1. The molecule has 1 N–H and O–H groups in total. The number of hydrogen-bond donors (Lipinski definition) is 1. The van der Waals surface area contributed by atoms with Gasteiger partial charge in [0, 0.05) is 30.7 Å². The average molecular weight is 281 g/mol. The van der Waals surface area contributed by atoms with Crippen molar-refractivity contribution in [3.63, 3.8) is 0 Å². The summed E-state index contributed by atoms with van der Waals surface area (Å²) in [5.74, 6) is 0.746. The summed E-state index contributed by atoms with van der Waals surface area (Å²) in [4.78, 5) is 19.3. The first kappa shape index (κ1) is 12.8. The van der Waals surface area contributed by atoms with Crippen LogP contribution < -0.4 is 5.32 Å². The number of carbonyl (C=O) groups excluding carboxylic acids is 1. The Morgan fingerprint density at radius 2 is 2.14 bits per heavy atom. The van der Waals surface area contributed by atoms with Gasteiger partial charge in [0.05, 0.1) is 11.1 Å². The molecule has 4 rings (SSSR count). The van der Waals surface area contributed by atoms with E-state index in [1.807, 2.05) is 35.2 Å². The van der Waals surface area contributed by atoms with Crippen molar-refractivity contribution in [2.75, 3.05) is 19.6 Å². The lowest BCUT2D eigenvalue weighted by molar-refractivity contribution is 0.0664. The summed E-state index contributed by atoms with van der Waals surface area (Å²) in [6.07, 6.45) is 4.00. The number of aromatic nitrogens is 1. The number of nitrogens with one attached hydrogen (secondary N) is 1. The number of nitrogens with zero attached hydrogens (tertiary/aromatic N) is 2. The molecule has 1 amide bonds. The topological polar surface area (TPSA) is 45.2 Å². The quantitative estimate of drug-likeness (QED) is 0.870. The van der Waals surface area contributed by atoms with Crippen molar-refractivity contribution in [3.8, 4) is 0 Å². The Labute approximate surface area is 124 Å². The standard InChI is InChI=1S/C17H19N3O/c21-17(20-10-7-15-13(11-20)6-9-18-15)14-5-1-3-12-4-2-8-19-16(12)14/h1-5,8,13,15,18H,6-7,9-11H2. The molecule has 0 aliphatic carbocycles. The predicted octanol–water partition coefficient (Wildman–Crippen LogP) is 2.06. The van der Waals surface area contributed by atoms with Crippen LogP contribution in [0.3, 0.4) is 0 Å². The van der Waals surface area contributed by atoms with Crippen LogP contribution in [0.4, 0.5) is 0 Å². The van der Waals surface area contributed by atoms with Crippen LogP contribution in [0.15, 0.2) is 36.5 Å². The highest BCUT2D eigenvalue weighted by Crippen LogP contribution is 2.26. The first-order valence-corrected chi connectivity index (χ1v) is 7.69. The molecule has 0 saturated carbocycles. The highest BCUT2D eigenvalue weighted by atomic mass is 16.2. The number of para-hydroxylation sites is 1. The zero-order valence-electron chi connectivity index (χ0n) is 12.0. The summed E-state index contributed by atoms with van der Waals surface area (Å²) in [6, 6.07) is 10.4. The summed E-state index contributed by atoms with van der Waals surface area (Å²) in [5, 5.41) is 4.57. The maximum Gasteiger partial charge on any atom is 0.256 e. The van der Waals surface area contributed by atoms with Gasteiger partial charge in [0.25, 0.3) is 5.91 Å². The third-order valence-corrected chi connectivity index (χ3v) is 4.81. The van der Waals surface area contributed by atoms with Crippen LogP contribution in [0, 0.1) is 5.92 Å². The van der Waals surface area contributed by atoms with Crippen molar-refractivity contribution in [3.05, 3.63) is 42.1 Å². The molecule has 108 valence electrons. The SMILES string of the molecule is O=C(c1cccc2cccnc12)N1CCC2NCCC2C1. The summed E-state index contributed by atoms with van der Waals surface area (Å²) < 4.78 is 0. The van der Waals surface area contributed by atoms with E-state index in [9.17, 15) is 4.79 Å². The zero-order chi connectivity index (χ0) is 14.2. The molecule has 21 heavy (non-hydrogen) atoms. The van der Waals surface area contributed by atoms with Crippen molar-refractivity contribution >= 4 is 16.8 Å². The lowest BCUT2D eigenvalue weighted by Crippen LogP contribution is -2.46. The van der Waals surface area contributed by atoms with Crippen LogP contribution in [0.5, 0.6) is 0 Å². The maximum absolute atomic E-state index is 12.9. The van der Waals surface area contributed by atoms with Gasteiger partial charge in [-0.1, -0.05) is 18.2 Å². The summed E-state index contributed by atoms with van der Waals surface area (Å²) in [6.45, 7) is 2.81. The molecular formula is C17H19N3O. The Balaban J connectivity index is 1.64. The van der Waals surface area contributed by atoms with Gasteiger partial charge in [-0.15, -0.1) is 0 Å². The summed E-state index contributed by atoms with van der Waals surface area (Å²) in [5.41, 5.74) is 1.55. The average Bonchev–Trinajstić information content (AvgIpc) is 3.01. The monoisotopic (exact) mass is 281 g/mol. The molecule has 1 aromatic carbocycles. The predicted molar refractivity (Wildman–Crippen MR) is 82.2 cm³/mol. The summed E-state index contributed by atoms with van der Waals surface area (Å²) >= 11 is 0. The van der Waals surface area contributed by atoms with Crippen LogP contribution in [0.1, 0.15) is 23.2 Å². The number of piperidine rings is 1. The van der Waals surface area contributed by atoms with E-state index in [1.54, 1.807) is 6.20 Å². The van der Waals surface area contributed by atoms with Crippen LogP contribution in [-0.4, -0.2) is 41.5 Å². The van der Waals surface area contributed by atoms with E-state index >= 15 is 0 Å². The third kappa shape index (κ3) is 2.20. The van der Waals surface area contributed by atoms with E-state index in [2.05, 4.69) is 10.3 Å². The van der Waals surface area contributed by atoms with Crippen molar-refractivity contribution in [1.82, 2.24) is 15.2 Å². The van der Waals surface area contributed by atoms with Crippen molar-refractivity contribution in [2.45, 2.75) is 18.9 Å². The number of hydrogen-bond acceptors (Lipinski definition) is 3. The Morgan fingerprint density at radius 3 is 3.10 bits per heavy atom. The normalized spacial score (nSPS) is 25.0. The van der Waals surface area contributed by atoms with Gasteiger partial charge < -0.3 is 10.2 Å². The molecule has 0 spiro atoms. The zero-order valence-corrected chi connectivity index (χ0v) is 12.0. The molecule has 4 heteroatoms. The van der Waals surface area contributed by atoms with E-state index in [0.717, 1.165) is 42.5 Å². The van der Waals surface area contributed by atoms with Gasteiger partial charge in [0.1, 0.15) is 0 Å². The number of likely N-dealkylation sites (tertiary alicyclic amines) is 1. The fourth-order valence-electron chi connectivity index (χ4n) is 3.68. The lowest BCUT2D eigenvalue weighted by Gasteiger charge is -2.35. The second kappa shape index (κ2) is 5.11. The highest BCUT2D eigenvalue weighted by molar-refractivity contribution is 6.05. The van der Waals surface area contributed by atoms with E-state index in [-0.39, 0.29) is 5.91 Å². The Hall–Kier alpha value is -1.94. The van der Waals surface area contributed by atoms with Gasteiger partial charge in [-0.25, -0.2) is 0 Å². The van der Waals surface area contributed by atoms with Gasteiger partial charge >= 0.3 is 0 Å². The first-order chi connectivity index (χ1) is 10.3. The van der Waals surface area contributed by atoms with Crippen LogP contribution >= 0.6 is 0 Å². The van der Waals surface area contributed by atoms with Crippen LogP contribution in [0.25, 0.3) is 10.9 Å². The maximum atomic E-state index is 12.9. The molecule has 2 aliphatic heterocycles. The minimum absolute atomic E-state index is 0.129. The second-order valence-corrected chi connectivity index (χ2v) is 6.03. The minimum Gasteiger partial charge on any atom is -0.338 e. The van der Waals surface area contributed by atoms with Crippen LogP contribution in [0.2, 0.25) is 0 Å².